The highest BCUT2D eigenvalue weighted by molar-refractivity contribution is 7.91. The number of nitrogens with one attached hydrogen (secondary N) is 1. The second-order valence-electron chi connectivity index (χ2n) is 6.88. The van der Waals surface area contributed by atoms with Crippen LogP contribution in [0.2, 0.25) is 0 Å². The van der Waals surface area contributed by atoms with Gasteiger partial charge in [0.2, 0.25) is 15.7 Å². The molecular formula is C21H17N5O5S. The highest BCUT2D eigenvalue weighted by atomic mass is 32.2. The molecule has 4 rings (SSSR count). The van der Waals surface area contributed by atoms with E-state index in [2.05, 4.69) is 15.5 Å². The zero-order chi connectivity index (χ0) is 22.9. The highest BCUT2D eigenvalue weighted by Gasteiger charge is 2.21. The SMILES string of the molecule is CC(=O)c1ccc(NC(=O)Cn2nc3ccc(S(=O)(=O)c4ccccc4)nn3c2=O)cc1. The first kappa shape index (κ1) is 21.1. The molecule has 0 saturated heterocycles. The number of sulfone groups is 1. The van der Waals surface area contributed by atoms with Crippen LogP contribution >= 0.6 is 0 Å². The molecule has 0 fully saturated rings. The molecule has 0 saturated carbocycles. The van der Waals surface area contributed by atoms with Crippen LogP contribution in [0.5, 0.6) is 0 Å². The van der Waals surface area contributed by atoms with E-state index in [1.807, 2.05) is 0 Å². The minimum absolute atomic E-state index is 0.0439. The van der Waals surface area contributed by atoms with Gasteiger partial charge in [-0.3, -0.25) is 9.59 Å². The van der Waals surface area contributed by atoms with Gasteiger partial charge in [0.25, 0.3) is 0 Å². The standard InChI is InChI=1S/C21H17N5O5S/c1-14(27)15-7-9-16(10-8-15)22-19(28)13-25-21(29)26-18(23-25)11-12-20(24-26)32(30,31)17-5-3-2-4-6-17/h2-12H,13H2,1H3,(H,22,28). The summed E-state index contributed by atoms with van der Waals surface area (Å²) in [5.41, 5.74) is 0.297. The van der Waals surface area contributed by atoms with Crippen molar-refractivity contribution in [1.82, 2.24) is 19.4 Å². The molecule has 1 N–H and O–H groups in total. The van der Waals surface area contributed by atoms with Crippen molar-refractivity contribution in [2.75, 3.05) is 5.32 Å². The highest BCUT2D eigenvalue weighted by Crippen LogP contribution is 2.18. The van der Waals surface area contributed by atoms with Crippen molar-refractivity contribution in [2.45, 2.75) is 23.4 Å². The van der Waals surface area contributed by atoms with Gasteiger partial charge in [-0.15, -0.1) is 10.2 Å². The van der Waals surface area contributed by atoms with E-state index in [-0.39, 0.29) is 21.4 Å². The molecule has 2 heterocycles. The summed E-state index contributed by atoms with van der Waals surface area (Å²) >= 11 is 0. The van der Waals surface area contributed by atoms with E-state index in [0.29, 0.717) is 11.3 Å². The van der Waals surface area contributed by atoms with Gasteiger partial charge in [-0.25, -0.2) is 17.9 Å². The smallest absolute Gasteiger partial charge is 0.324 e. The Kier molecular flexibility index (Phi) is 5.41. The molecule has 32 heavy (non-hydrogen) atoms. The largest absolute Gasteiger partial charge is 0.367 e. The van der Waals surface area contributed by atoms with Gasteiger partial charge in [-0.05, 0) is 55.5 Å². The van der Waals surface area contributed by atoms with Gasteiger partial charge in [0.1, 0.15) is 6.54 Å². The fraction of sp³-hybridized carbons (Fsp3) is 0.0952. The van der Waals surface area contributed by atoms with Crippen LogP contribution in [0, 0.1) is 0 Å². The number of ketones is 1. The number of fused-ring (bicyclic) bond motifs is 1. The van der Waals surface area contributed by atoms with Crippen LogP contribution in [0.1, 0.15) is 17.3 Å². The molecular weight excluding hydrogens is 434 g/mol. The summed E-state index contributed by atoms with van der Waals surface area (Å²) in [6, 6.07) is 16.6. The molecule has 11 heteroatoms. The summed E-state index contributed by atoms with van der Waals surface area (Å²) < 4.78 is 27.2. The maximum Gasteiger partial charge on any atom is 0.367 e. The molecule has 0 aliphatic heterocycles. The van der Waals surface area contributed by atoms with E-state index < -0.39 is 28.0 Å². The quantitative estimate of drug-likeness (QED) is 0.440. The van der Waals surface area contributed by atoms with Crippen LogP contribution < -0.4 is 11.0 Å². The molecule has 1 amide bonds. The first-order valence-electron chi connectivity index (χ1n) is 9.43. The fourth-order valence-electron chi connectivity index (χ4n) is 2.98. The third-order valence-electron chi connectivity index (χ3n) is 4.61. The molecule has 0 unspecified atom stereocenters. The minimum Gasteiger partial charge on any atom is -0.324 e. The zero-order valence-corrected chi connectivity index (χ0v) is 17.6. The molecule has 10 nitrogen and oxygen atoms in total. The van der Waals surface area contributed by atoms with E-state index in [0.717, 1.165) is 9.20 Å². The Hall–Kier alpha value is -4.12. The molecule has 0 aliphatic rings. The van der Waals surface area contributed by atoms with Crippen molar-refractivity contribution < 1.29 is 18.0 Å². The number of hydrogen-bond donors (Lipinski definition) is 1. The lowest BCUT2D eigenvalue weighted by Gasteiger charge is -2.05. The first-order valence-corrected chi connectivity index (χ1v) is 10.9. The van der Waals surface area contributed by atoms with Crippen LogP contribution in [0.3, 0.4) is 0 Å². The minimum atomic E-state index is -3.92. The maximum atomic E-state index is 12.8. The number of Topliss-reactive ketones (excluding diaryl/α,β-unsaturated/α-hetero) is 1. The lowest BCUT2D eigenvalue weighted by molar-refractivity contribution is -0.117. The summed E-state index contributed by atoms with van der Waals surface area (Å²) in [7, 11) is -3.92. The lowest BCUT2D eigenvalue weighted by Crippen LogP contribution is -2.29. The van der Waals surface area contributed by atoms with Crippen molar-refractivity contribution in [2.24, 2.45) is 0 Å². The van der Waals surface area contributed by atoms with Crippen molar-refractivity contribution in [3.05, 3.63) is 82.8 Å². The number of rotatable bonds is 6. The summed E-state index contributed by atoms with van der Waals surface area (Å²) in [4.78, 5) is 36.4. The molecule has 0 atom stereocenters. The molecule has 2 aromatic heterocycles. The molecule has 2 aromatic carbocycles. The van der Waals surface area contributed by atoms with Gasteiger partial charge < -0.3 is 5.32 Å². The summed E-state index contributed by atoms with van der Waals surface area (Å²) in [6.45, 7) is 1.03. The van der Waals surface area contributed by atoms with E-state index in [4.69, 9.17) is 0 Å². The van der Waals surface area contributed by atoms with Gasteiger partial charge in [0, 0.05) is 11.3 Å². The third kappa shape index (κ3) is 4.05. The predicted octanol–water partition coefficient (Wildman–Crippen LogP) is 1.57. The average molecular weight is 451 g/mol. The second kappa shape index (κ2) is 8.19. The normalized spacial score (nSPS) is 11.4. The Balaban J connectivity index is 1.58. The maximum absolute atomic E-state index is 12.8. The Morgan fingerprint density at radius 1 is 0.938 bits per heavy atom. The van der Waals surface area contributed by atoms with E-state index in [9.17, 15) is 22.8 Å². The molecule has 162 valence electrons. The Labute approximate surface area is 182 Å². The van der Waals surface area contributed by atoms with Crippen LogP contribution in [0.25, 0.3) is 5.65 Å². The number of carbonyl (C=O) groups is 2. The second-order valence-corrected chi connectivity index (χ2v) is 8.78. The van der Waals surface area contributed by atoms with Gasteiger partial charge in [0.05, 0.1) is 4.90 Å². The number of benzene rings is 2. The first-order chi connectivity index (χ1) is 15.3. The number of nitrogens with zero attached hydrogens (tertiary/aromatic N) is 4. The number of aromatic nitrogens is 4. The Morgan fingerprint density at radius 2 is 1.62 bits per heavy atom. The summed E-state index contributed by atoms with van der Waals surface area (Å²) in [6.07, 6.45) is 0. The molecule has 0 aliphatic carbocycles. The van der Waals surface area contributed by atoms with Crippen LogP contribution in [0.15, 0.2) is 81.4 Å². The molecule has 4 aromatic rings. The van der Waals surface area contributed by atoms with Crippen LogP contribution in [-0.4, -0.2) is 39.5 Å². The van der Waals surface area contributed by atoms with Gasteiger partial charge in [0.15, 0.2) is 16.5 Å². The van der Waals surface area contributed by atoms with E-state index in [1.54, 1.807) is 42.5 Å². The molecule has 0 radical (unpaired) electrons. The lowest BCUT2D eigenvalue weighted by atomic mass is 10.1. The van der Waals surface area contributed by atoms with Crippen molar-refractivity contribution >= 4 is 32.9 Å². The topological polar surface area (TPSA) is 132 Å². The van der Waals surface area contributed by atoms with Crippen molar-refractivity contribution in [3.8, 4) is 0 Å². The predicted molar refractivity (Wildman–Crippen MR) is 114 cm³/mol. The zero-order valence-electron chi connectivity index (χ0n) is 16.8. The number of carbonyl (C=O) groups excluding carboxylic acids is 2. The summed E-state index contributed by atoms with van der Waals surface area (Å²) in [5, 5.41) is 10.3. The van der Waals surface area contributed by atoms with Crippen LogP contribution in [-0.2, 0) is 21.2 Å². The molecule has 0 spiro atoms. The Morgan fingerprint density at radius 3 is 2.28 bits per heavy atom. The third-order valence-corrected chi connectivity index (χ3v) is 6.27. The van der Waals surface area contributed by atoms with Gasteiger partial charge >= 0.3 is 5.69 Å². The van der Waals surface area contributed by atoms with Crippen LogP contribution in [0.4, 0.5) is 5.69 Å². The average Bonchev–Trinajstić information content (AvgIpc) is 3.09. The van der Waals surface area contributed by atoms with Crippen molar-refractivity contribution in [3.63, 3.8) is 0 Å². The summed E-state index contributed by atoms with van der Waals surface area (Å²) in [5.74, 6) is -0.622. The van der Waals surface area contributed by atoms with E-state index >= 15 is 0 Å². The number of anilines is 1. The van der Waals surface area contributed by atoms with Crippen molar-refractivity contribution in [1.29, 1.82) is 0 Å². The van der Waals surface area contributed by atoms with Gasteiger partial charge in [-0.2, -0.15) is 4.52 Å². The van der Waals surface area contributed by atoms with Gasteiger partial charge in [-0.1, -0.05) is 18.2 Å². The van der Waals surface area contributed by atoms with E-state index in [1.165, 1.54) is 31.2 Å². The molecule has 0 bridgehead atoms. The monoisotopic (exact) mass is 451 g/mol. The number of amides is 1. The Bertz CT molecular complexity index is 1490. The fourth-order valence-corrected chi connectivity index (χ4v) is 4.18. The number of hydrogen-bond acceptors (Lipinski definition) is 7.